The Morgan fingerprint density at radius 3 is 1.73 bits per heavy atom. The third-order valence-electron chi connectivity index (χ3n) is 12.2. The minimum atomic E-state index is -0.0656. The molecule has 2 aromatic heterocycles. The summed E-state index contributed by atoms with van der Waals surface area (Å²) in [6.07, 6.45) is 3.69. The van der Waals surface area contributed by atoms with Crippen LogP contribution in [0.2, 0.25) is 0 Å². The minimum Gasteiger partial charge on any atom is -0.264 e. The number of nitrogens with zero attached hydrogens (tertiary/aromatic N) is 3. The predicted octanol–water partition coefficient (Wildman–Crippen LogP) is 14.5. The highest BCUT2D eigenvalue weighted by atomic mass is 14.9. The molecule has 11 rings (SSSR count). The zero-order chi connectivity index (χ0) is 39.5. The molecule has 1 aliphatic rings. The second-order valence-corrected chi connectivity index (χ2v) is 16.0. The monoisotopic (exact) mass is 753 g/mol. The number of fused-ring (bicyclic) bond motifs is 6. The Hall–Kier alpha value is -7.49. The second-order valence-electron chi connectivity index (χ2n) is 16.0. The topological polar surface area (TPSA) is 38.7 Å². The van der Waals surface area contributed by atoms with E-state index in [0.29, 0.717) is 5.82 Å². The van der Waals surface area contributed by atoms with E-state index in [0.717, 1.165) is 44.6 Å². The summed E-state index contributed by atoms with van der Waals surface area (Å²) in [4.78, 5) is 14.6. The highest BCUT2D eigenvalue weighted by molar-refractivity contribution is 6.05. The highest BCUT2D eigenvalue weighted by Crippen LogP contribution is 2.52. The van der Waals surface area contributed by atoms with Crippen molar-refractivity contribution in [1.29, 1.82) is 0 Å². The van der Waals surface area contributed by atoms with Gasteiger partial charge < -0.3 is 0 Å². The summed E-state index contributed by atoms with van der Waals surface area (Å²) in [7, 11) is 0. The van der Waals surface area contributed by atoms with Crippen molar-refractivity contribution in [3.8, 4) is 78.4 Å². The number of hydrogen-bond acceptors (Lipinski definition) is 3. The molecule has 0 amide bonds. The van der Waals surface area contributed by atoms with Gasteiger partial charge in [0.1, 0.15) is 0 Å². The lowest BCUT2D eigenvalue weighted by molar-refractivity contribution is 0.666. The van der Waals surface area contributed by atoms with Gasteiger partial charge in [-0.25, -0.2) is 9.97 Å². The van der Waals surface area contributed by atoms with Gasteiger partial charge in [0.05, 0.1) is 11.4 Å². The summed E-state index contributed by atoms with van der Waals surface area (Å²) in [5, 5.41) is 4.98. The molecule has 0 radical (unpaired) electrons. The van der Waals surface area contributed by atoms with Gasteiger partial charge in [-0.3, -0.25) is 4.98 Å². The molecule has 0 saturated carbocycles. The molecule has 1 aliphatic carbocycles. The van der Waals surface area contributed by atoms with Crippen molar-refractivity contribution in [2.24, 2.45) is 0 Å². The van der Waals surface area contributed by atoms with Crippen molar-refractivity contribution in [3.05, 3.63) is 212 Å². The lowest BCUT2D eigenvalue weighted by Gasteiger charge is -2.23. The number of benzene rings is 8. The lowest BCUT2D eigenvalue weighted by atomic mass is 9.80. The molecule has 278 valence electrons. The SMILES string of the molecule is CC1(C)c2ccc(-c3ccc(-c4ccc(-c5cc(-c6ccc(-c7cccnc7)cc6)nc(-c6ccccc6)n5)c5ccccc45)cc3)cc2-c2ccc3ccccc3c21. The fourth-order valence-corrected chi connectivity index (χ4v) is 9.23. The molecule has 0 aliphatic heterocycles. The van der Waals surface area contributed by atoms with E-state index in [4.69, 9.17) is 9.97 Å². The zero-order valence-electron chi connectivity index (χ0n) is 32.9. The van der Waals surface area contributed by atoms with Gasteiger partial charge in [0.2, 0.25) is 0 Å². The van der Waals surface area contributed by atoms with E-state index in [9.17, 15) is 0 Å². The average molecular weight is 754 g/mol. The maximum absolute atomic E-state index is 5.21. The van der Waals surface area contributed by atoms with Crippen LogP contribution < -0.4 is 0 Å². The van der Waals surface area contributed by atoms with E-state index in [1.807, 2.05) is 30.5 Å². The van der Waals surface area contributed by atoms with Crippen LogP contribution >= 0.6 is 0 Å². The molecule has 0 N–H and O–H groups in total. The number of aromatic nitrogens is 3. The first-order chi connectivity index (χ1) is 29.0. The first-order valence-electron chi connectivity index (χ1n) is 20.2. The van der Waals surface area contributed by atoms with Crippen molar-refractivity contribution >= 4 is 21.5 Å². The van der Waals surface area contributed by atoms with Gasteiger partial charge in [-0.15, -0.1) is 0 Å². The third kappa shape index (κ3) is 5.94. The van der Waals surface area contributed by atoms with Crippen LogP contribution in [0.1, 0.15) is 25.0 Å². The second kappa shape index (κ2) is 13.9. The van der Waals surface area contributed by atoms with Crippen LogP contribution in [0.3, 0.4) is 0 Å². The fourth-order valence-electron chi connectivity index (χ4n) is 9.23. The molecule has 3 heteroatoms. The van der Waals surface area contributed by atoms with Gasteiger partial charge in [-0.05, 0) is 95.4 Å². The Bertz CT molecular complexity index is 3200. The highest BCUT2D eigenvalue weighted by Gasteiger charge is 2.37. The minimum absolute atomic E-state index is 0.0656. The Morgan fingerprint density at radius 2 is 0.966 bits per heavy atom. The molecule has 0 spiro atoms. The van der Waals surface area contributed by atoms with Crippen molar-refractivity contribution < 1.29 is 0 Å². The Labute approximate surface area is 344 Å². The van der Waals surface area contributed by atoms with Crippen LogP contribution in [0.25, 0.3) is 100.0 Å². The van der Waals surface area contributed by atoms with E-state index in [1.165, 1.54) is 60.7 Å². The summed E-state index contributed by atoms with van der Waals surface area (Å²) in [6, 6.07) is 67.6. The molecule has 0 fully saturated rings. The van der Waals surface area contributed by atoms with E-state index >= 15 is 0 Å². The van der Waals surface area contributed by atoms with Crippen molar-refractivity contribution in [2.75, 3.05) is 0 Å². The first kappa shape index (κ1) is 34.7. The largest absolute Gasteiger partial charge is 0.264 e. The predicted molar refractivity (Wildman–Crippen MR) is 245 cm³/mol. The number of pyridine rings is 1. The average Bonchev–Trinajstić information content (AvgIpc) is 3.54. The van der Waals surface area contributed by atoms with Gasteiger partial charge >= 0.3 is 0 Å². The summed E-state index contributed by atoms with van der Waals surface area (Å²) in [5.74, 6) is 0.699. The van der Waals surface area contributed by atoms with Crippen LogP contribution in [0.4, 0.5) is 0 Å². The Balaban J connectivity index is 0.964. The van der Waals surface area contributed by atoms with Gasteiger partial charge in [-0.2, -0.15) is 0 Å². The molecule has 0 bridgehead atoms. The number of hydrogen-bond donors (Lipinski definition) is 0. The molecule has 59 heavy (non-hydrogen) atoms. The molecule has 0 atom stereocenters. The van der Waals surface area contributed by atoms with Crippen LogP contribution in [0.15, 0.2) is 200 Å². The van der Waals surface area contributed by atoms with E-state index < -0.39 is 0 Å². The molecule has 0 unspecified atom stereocenters. The van der Waals surface area contributed by atoms with Gasteiger partial charge in [0, 0.05) is 34.5 Å². The van der Waals surface area contributed by atoms with E-state index in [1.54, 1.807) is 6.20 Å². The van der Waals surface area contributed by atoms with Crippen molar-refractivity contribution in [3.63, 3.8) is 0 Å². The summed E-state index contributed by atoms with van der Waals surface area (Å²) in [5.41, 5.74) is 17.3. The summed E-state index contributed by atoms with van der Waals surface area (Å²) >= 11 is 0. The molecular weight excluding hydrogens is 715 g/mol. The summed E-state index contributed by atoms with van der Waals surface area (Å²) in [6.45, 7) is 4.73. The van der Waals surface area contributed by atoms with E-state index in [2.05, 4.69) is 183 Å². The molecule has 2 heterocycles. The van der Waals surface area contributed by atoms with Gasteiger partial charge in [0.25, 0.3) is 0 Å². The standard InChI is InChI=1S/C56H39N3/c1-56(2)51-31-27-42(33-50(51)49-28-26-38-11-6-7-15-45(38)54(49)56)36-18-22-39(23-19-36)44-29-30-48(47-17-9-8-16-46(44)47)53-34-52(58-55(59-53)41-12-4-3-5-13-41)40-24-20-37(21-25-40)43-14-10-32-57-35-43/h3-35H,1-2H3. The zero-order valence-corrected chi connectivity index (χ0v) is 32.9. The van der Waals surface area contributed by atoms with E-state index in [-0.39, 0.29) is 5.41 Å². The van der Waals surface area contributed by atoms with Gasteiger partial charge in [-0.1, -0.05) is 184 Å². The normalized spacial score (nSPS) is 12.7. The summed E-state index contributed by atoms with van der Waals surface area (Å²) < 4.78 is 0. The molecular formula is C56H39N3. The smallest absolute Gasteiger partial charge is 0.160 e. The molecule has 10 aromatic rings. The molecule has 3 nitrogen and oxygen atoms in total. The maximum Gasteiger partial charge on any atom is 0.160 e. The first-order valence-corrected chi connectivity index (χ1v) is 20.2. The van der Waals surface area contributed by atoms with Crippen LogP contribution in [-0.4, -0.2) is 15.0 Å². The Morgan fingerprint density at radius 1 is 0.373 bits per heavy atom. The molecule has 0 saturated heterocycles. The quantitative estimate of drug-likeness (QED) is 0.170. The van der Waals surface area contributed by atoms with Crippen molar-refractivity contribution in [1.82, 2.24) is 15.0 Å². The molecule has 8 aromatic carbocycles. The number of rotatable bonds is 6. The fraction of sp³-hybridized carbons (Fsp3) is 0.0536. The van der Waals surface area contributed by atoms with Crippen LogP contribution in [-0.2, 0) is 5.41 Å². The third-order valence-corrected chi connectivity index (χ3v) is 12.2. The lowest BCUT2D eigenvalue weighted by Crippen LogP contribution is -2.15. The van der Waals surface area contributed by atoms with Crippen molar-refractivity contribution in [2.45, 2.75) is 19.3 Å². The van der Waals surface area contributed by atoms with Crippen LogP contribution in [0, 0.1) is 0 Å². The Kier molecular flexibility index (Phi) is 8.16. The van der Waals surface area contributed by atoms with Crippen LogP contribution in [0.5, 0.6) is 0 Å². The van der Waals surface area contributed by atoms with Gasteiger partial charge in [0.15, 0.2) is 5.82 Å². The maximum atomic E-state index is 5.21.